The molecule has 0 radical (unpaired) electrons. The van der Waals surface area contributed by atoms with Crippen LogP contribution in [0.5, 0.6) is 0 Å². The van der Waals surface area contributed by atoms with Crippen molar-refractivity contribution in [2.75, 3.05) is 27.9 Å². The Balaban J connectivity index is 1.95. The molecule has 0 aromatic rings. The van der Waals surface area contributed by atoms with Crippen LogP contribution in [0, 0.1) is 10.8 Å². The second-order valence-electron chi connectivity index (χ2n) is 7.32. The Morgan fingerprint density at radius 2 is 1.88 bits per heavy atom. The van der Waals surface area contributed by atoms with Crippen molar-refractivity contribution in [2.24, 2.45) is 10.8 Å². The van der Waals surface area contributed by atoms with Gasteiger partial charge in [-0.1, -0.05) is 0 Å². The van der Waals surface area contributed by atoms with E-state index in [0.29, 0.717) is 31.6 Å². The number of allylic oxidation sites excluding steroid dienone is 2. The average Bonchev–Trinajstić information content (AvgIpc) is 3.18. The monoisotopic (exact) mass is 349 g/mol. The summed E-state index contributed by atoms with van der Waals surface area (Å²) < 4.78 is 16.2. The highest BCUT2D eigenvalue weighted by molar-refractivity contribution is 6.03. The van der Waals surface area contributed by atoms with Crippen LogP contribution in [0.15, 0.2) is 23.4 Å². The van der Waals surface area contributed by atoms with Crippen LogP contribution in [0.4, 0.5) is 0 Å². The number of methoxy groups -OCH3 is 3. The smallest absolute Gasteiger partial charge is 0.201 e. The molecule has 1 spiro atoms. The number of hydrogen-bond acceptors (Lipinski definition) is 7. The van der Waals surface area contributed by atoms with E-state index < -0.39 is 22.5 Å². The standard InChI is InChI=1S/C18H23NO6/c1-23-11-8-12(21)17(14(11)22)4-5-18-15(25-3)13(24-2)10(20)9-16(17,18)6-7-19-18/h8,14,19,22H,4-7,9H2,1-3H3/t14-,16-,17-,18+/m0/s1. The third-order valence-corrected chi connectivity index (χ3v) is 6.95. The number of hydrogen-bond donors (Lipinski definition) is 2. The van der Waals surface area contributed by atoms with Gasteiger partial charge in [0.2, 0.25) is 11.5 Å². The SMILES string of the molecule is COC1=CC(=O)[C@@]2(CC[C@]34NCC[C@]23CC(=O)C(OC)=C4OC)[C@H]1O. The van der Waals surface area contributed by atoms with Crippen molar-refractivity contribution in [3.8, 4) is 0 Å². The van der Waals surface area contributed by atoms with E-state index in [1.807, 2.05) is 0 Å². The number of rotatable bonds is 3. The second kappa shape index (κ2) is 5.08. The van der Waals surface area contributed by atoms with E-state index in [4.69, 9.17) is 14.2 Å². The minimum absolute atomic E-state index is 0.143. The summed E-state index contributed by atoms with van der Waals surface area (Å²) in [6.45, 7) is 0.640. The third-order valence-electron chi connectivity index (χ3n) is 6.95. The predicted octanol–water partition coefficient (Wildman–Crippen LogP) is 0.436. The molecular formula is C18H23NO6. The summed E-state index contributed by atoms with van der Waals surface area (Å²) in [4.78, 5) is 25.9. The number of aliphatic hydroxyl groups excluding tert-OH is 1. The lowest BCUT2D eigenvalue weighted by atomic mass is 9.52. The number of carbonyl (C=O) groups is 2. The Labute approximate surface area is 146 Å². The molecule has 2 fully saturated rings. The minimum atomic E-state index is -1.07. The van der Waals surface area contributed by atoms with E-state index in [0.717, 1.165) is 0 Å². The van der Waals surface area contributed by atoms with Crippen molar-refractivity contribution in [2.45, 2.75) is 37.3 Å². The van der Waals surface area contributed by atoms with Crippen molar-refractivity contribution < 1.29 is 28.9 Å². The maximum Gasteiger partial charge on any atom is 0.201 e. The van der Waals surface area contributed by atoms with Crippen LogP contribution >= 0.6 is 0 Å². The van der Waals surface area contributed by atoms with Gasteiger partial charge in [-0.25, -0.2) is 0 Å². The fourth-order valence-electron chi connectivity index (χ4n) is 6.03. The summed E-state index contributed by atoms with van der Waals surface area (Å²) in [7, 11) is 4.42. The fourth-order valence-corrected chi connectivity index (χ4v) is 6.03. The van der Waals surface area contributed by atoms with Gasteiger partial charge in [0.1, 0.15) is 11.9 Å². The number of Topliss-reactive ketones (excluding diaryl/α,β-unsaturated/α-hetero) is 1. The Kier molecular flexibility index (Phi) is 3.37. The summed E-state index contributed by atoms with van der Waals surface area (Å²) in [5.41, 5.74) is -2.51. The molecule has 2 N–H and O–H groups in total. The van der Waals surface area contributed by atoms with Crippen LogP contribution in [0.1, 0.15) is 25.7 Å². The number of ketones is 2. The van der Waals surface area contributed by atoms with Crippen molar-refractivity contribution >= 4 is 11.6 Å². The highest BCUT2D eigenvalue weighted by atomic mass is 16.5. The molecule has 4 aliphatic rings. The zero-order valence-electron chi connectivity index (χ0n) is 14.7. The zero-order valence-corrected chi connectivity index (χ0v) is 14.7. The van der Waals surface area contributed by atoms with Crippen LogP contribution in [0.3, 0.4) is 0 Å². The largest absolute Gasteiger partial charge is 0.498 e. The normalized spacial score (nSPS) is 42.6. The molecule has 136 valence electrons. The number of nitrogens with one attached hydrogen (secondary N) is 1. The lowest BCUT2D eigenvalue weighted by Crippen LogP contribution is -2.62. The first-order valence-corrected chi connectivity index (χ1v) is 8.53. The molecule has 25 heavy (non-hydrogen) atoms. The van der Waals surface area contributed by atoms with Crippen molar-refractivity contribution in [1.82, 2.24) is 5.32 Å². The maximum atomic E-state index is 13.1. The highest BCUT2D eigenvalue weighted by Crippen LogP contribution is 2.71. The van der Waals surface area contributed by atoms with Crippen LogP contribution in [0.2, 0.25) is 0 Å². The van der Waals surface area contributed by atoms with E-state index in [1.54, 1.807) is 0 Å². The molecule has 4 rings (SSSR count). The molecule has 1 heterocycles. The lowest BCUT2D eigenvalue weighted by molar-refractivity contribution is -0.146. The molecule has 7 heteroatoms. The topological polar surface area (TPSA) is 94.1 Å². The van der Waals surface area contributed by atoms with E-state index in [1.165, 1.54) is 27.4 Å². The molecular weight excluding hydrogens is 326 g/mol. The Bertz CT molecular complexity index is 727. The first-order chi connectivity index (χ1) is 11.9. The first kappa shape index (κ1) is 16.6. The van der Waals surface area contributed by atoms with Gasteiger partial charge in [-0.2, -0.15) is 0 Å². The molecule has 0 amide bonds. The van der Waals surface area contributed by atoms with Gasteiger partial charge in [0, 0.05) is 17.9 Å². The second-order valence-corrected chi connectivity index (χ2v) is 7.32. The summed E-state index contributed by atoms with van der Waals surface area (Å²) in [6, 6.07) is 0. The van der Waals surface area contributed by atoms with Gasteiger partial charge in [0.15, 0.2) is 11.5 Å². The van der Waals surface area contributed by atoms with Crippen LogP contribution < -0.4 is 5.32 Å². The average molecular weight is 349 g/mol. The molecule has 3 aliphatic carbocycles. The molecule has 0 aromatic heterocycles. The van der Waals surface area contributed by atoms with Gasteiger partial charge in [0.05, 0.1) is 32.3 Å². The van der Waals surface area contributed by atoms with E-state index in [-0.39, 0.29) is 29.5 Å². The Morgan fingerprint density at radius 1 is 1.12 bits per heavy atom. The van der Waals surface area contributed by atoms with Gasteiger partial charge >= 0.3 is 0 Å². The lowest BCUT2D eigenvalue weighted by Gasteiger charge is -2.51. The van der Waals surface area contributed by atoms with Gasteiger partial charge in [-0.3, -0.25) is 9.59 Å². The first-order valence-electron chi connectivity index (χ1n) is 8.53. The molecule has 7 nitrogen and oxygen atoms in total. The van der Waals surface area contributed by atoms with Gasteiger partial charge in [-0.05, 0) is 25.8 Å². The molecule has 0 unspecified atom stereocenters. The van der Waals surface area contributed by atoms with Crippen molar-refractivity contribution in [1.29, 1.82) is 0 Å². The van der Waals surface area contributed by atoms with E-state index >= 15 is 0 Å². The van der Waals surface area contributed by atoms with Gasteiger partial charge in [-0.15, -0.1) is 0 Å². The van der Waals surface area contributed by atoms with E-state index in [9.17, 15) is 14.7 Å². The number of carbonyl (C=O) groups excluding carboxylic acids is 2. The third kappa shape index (κ3) is 1.55. The number of ether oxygens (including phenoxy) is 3. The van der Waals surface area contributed by atoms with Crippen molar-refractivity contribution in [3.05, 3.63) is 23.4 Å². The van der Waals surface area contributed by atoms with Gasteiger partial charge < -0.3 is 24.6 Å². The Hall–Kier alpha value is -1.86. The highest BCUT2D eigenvalue weighted by Gasteiger charge is 2.79. The summed E-state index contributed by atoms with van der Waals surface area (Å²) in [5, 5.41) is 14.5. The summed E-state index contributed by atoms with van der Waals surface area (Å²) in [6.07, 6.45) is 2.13. The van der Waals surface area contributed by atoms with Gasteiger partial charge in [0.25, 0.3) is 0 Å². The fraction of sp³-hybridized carbons (Fsp3) is 0.667. The Morgan fingerprint density at radius 3 is 2.48 bits per heavy atom. The summed E-state index contributed by atoms with van der Waals surface area (Å²) >= 11 is 0. The number of aliphatic hydroxyl groups is 1. The predicted molar refractivity (Wildman–Crippen MR) is 86.2 cm³/mol. The zero-order chi connectivity index (χ0) is 18.0. The van der Waals surface area contributed by atoms with Crippen molar-refractivity contribution in [3.63, 3.8) is 0 Å². The maximum absolute atomic E-state index is 13.1. The van der Waals surface area contributed by atoms with Crippen LogP contribution in [-0.2, 0) is 23.8 Å². The summed E-state index contributed by atoms with van der Waals surface area (Å²) in [5.74, 6) is 0.586. The molecule has 1 saturated heterocycles. The molecule has 1 aliphatic heterocycles. The molecule has 4 atom stereocenters. The molecule has 0 bridgehead atoms. The van der Waals surface area contributed by atoms with E-state index in [2.05, 4.69) is 5.32 Å². The van der Waals surface area contributed by atoms with Crippen LogP contribution in [0.25, 0.3) is 0 Å². The quantitative estimate of drug-likeness (QED) is 0.763. The molecule has 1 saturated carbocycles. The minimum Gasteiger partial charge on any atom is -0.498 e. The molecule has 0 aromatic carbocycles. The van der Waals surface area contributed by atoms with Crippen LogP contribution in [-0.4, -0.2) is 56.2 Å².